The Balaban J connectivity index is 1.77. The molecule has 2 aromatic rings. The minimum Gasteiger partial charge on any atom is -0.330 e. The van der Waals surface area contributed by atoms with Crippen LogP contribution in [0.2, 0.25) is 5.02 Å². The largest absolute Gasteiger partial charge is 0.330 e. The smallest absolute Gasteiger partial charge is 0.0406 e. The highest BCUT2D eigenvalue weighted by Crippen LogP contribution is 2.35. The quantitative estimate of drug-likeness (QED) is 0.887. The Kier molecular flexibility index (Phi) is 5.14. The standard InChI is InChI=1S/C19H23ClN2/c20-17-8-6-15(7-9-17)18-12-22-13-19(18)16(11-21)10-14-4-2-1-3-5-14/h1-9,16,18-19,22H,10-13,21H2. The zero-order valence-electron chi connectivity index (χ0n) is 12.7. The summed E-state index contributed by atoms with van der Waals surface area (Å²) in [6.45, 7) is 2.80. The molecule has 2 aromatic carbocycles. The van der Waals surface area contributed by atoms with Crippen molar-refractivity contribution >= 4 is 11.6 Å². The fourth-order valence-electron chi connectivity index (χ4n) is 3.60. The van der Waals surface area contributed by atoms with Gasteiger partial charge >= 0.3 is 0 Å². The van der Waals surface area contributed by atoms with Crippen molar-refractivity contribution < 1.29 is 0 Å². The number of nitrogens with two attached hydrogens (primary N) is 1. The molecule has 0 aliphatic carbocycles. The molecule has 3 N–H and O–H groups in total. The van der Waals surface area contributed by atoms with Gasteiger partial charge in [-0.15, -0.1) is 0 Å². The molecule has 0 amide bonds. The average Bonchev–Trinajstić information content (AvgIpc) is 3.04. The Hall–Kier alpha value is -1.35. The highest BCUT2D eigenvalue weighted by atomic mass is 35.5. The minimum absolute atomic E-state index is 0.498. The van der Waals surface area contributed by atoms with Crippen molar-refractivity contribution in [3.05, 3.63) is 70.7 Å². The van der Waals surface area contributed by atoms with E-state index >= 15 is 0 Å². The van der Waals surface area contributed by atoms with E-state index in [1.807, 2.05) is 12.1 Å². The van der Waals surface area contributed by atoms with Crippen LogP contribution in [0.4, 0.5) is 0 Å². The van der Waals surface area contributed by atoms with Gasteiger partial charge in [-0.25, -0.2) is 0 Å². The van der Waals surface area contributed by atoms with Gasteiger partial charge in [-0.1, -0.05) is 54.1 Å². The molecule has 3 atom stereocenters. The van der Waals surface area contributed by atoms with Crippen LogP contribution in [0.3, 0.4) is 0 Å². The molecule has 3 heteroatoms. The van der Waals surface area contributed by atoms with Crippen LogP contribution in [0, 0.1) is 11.8 Å². The van der Waals surface area contributed by atoms with Crippen LogP contribution in [-0.2, 0) is 6.42 Å². The second kappa shape index (κ2) is 7.28. The Morgan fingerprint density at radius 1 is 1.05 bits per heavy atom. The Morgan fingerprint density at radius 2 is 1.77 bits per heavy atom. The molecule has 22 heavy (non-hydrogen) atoms. The molecule has 0 spiro atoms. The minimum atomic E-state index is 0.498. The van der Waals surface area contributed by atoms with E-state index < -0.39 is 0 Å². The molecule has 3 unspecified atom stereocenters. The van der Waals surface area contributed by atoms with Gasteiger partial charge in [0, 0.05) is 17.5 Å². The number of benzene rings is 2. The highest BCUT2D eigenvalue weighted by Gasteiger charge is 2.33. The molecule has 1 heterocycles. The summed E-state index contributed by atoms with van der Waals surface area (Å²) in [5.41, 5.74) is 8.86. The average molecular weight is 315 g/mol. The second-order valence-corrected chi connectivity index (χ2v) is 6.60. The van der Waals surface area contributed by atoms with Crippen LogP contribution >= 0.6 is 11.6 Å². The maximum absolute atomic E-state index is 6.12. The van der Waals surface area contributed by atoms with Crippen molar-refractivity contribution in [2.75, 3.05) is 19.6 Å². The molecule has 0 aromatic heterocycles. The van der Waals surface area contributed by atoms with E-state index in [0.29, 0.717) is 17.8 Å². The van der Waals surface area contributed by atoms with Crippen LogP contribution in [0.15, 0.2) is 54.6 Å². The monoisotopic (exact) mass is 314 g/mol. The van der Waals surface area contributed by atoms with Crippen molar-refractivity contribution in [2.45, 2.75) is 12.3 Å². The third-order valence-corrected chi connectivity index (χ3v) is 5.06. The number of hydrogen-bond donors (Lipinski definition) is 2. The van der Waals surface area contributed by atoms with Gasteiger partial charge in [-0.05, 0) is 54.6 Å². The third-order valence-electron chi connectivity index (χ3n) is 4.81. The van der Waals surface area contributed by atoms with Crippen molar-refractivity contribution in [1.29, 1.82) is 0 Å². The summed E-state index contributed by atoms with van der Waals surface area (Å²) in [4.78, 5) is 0. The Bertz CT molecular complexity index is 582. The maximum atomic E-state index is 6.12. The van der Waals surface area contributed by atoms with Gasteiger partial charge in [-0.2, -0.15) is 0 Å². The lowest BCUT2D eigenvalue weighted by atomic mass is 9.77. The number of halogens is 1. The predicted octanol–water partition coefficient (Wildman–Crippen LogP) is 3.46. The van der Waals surface area contributed by atoms with Crippen LogP contribution in [-0.4, -0.2) is 19.6 Å². The van der Waals surface area contributed by atoms with Gasteiger partial charge in [-0.3, -0.25) is 0 Å². The molecular weight excluding hydrogens is 292 g/mol. The molecule has 2 nitrogen and oxygen atoms in total. The SMILES string of the molecule is NCC(Cc1ccccc1)C1CNCC1c1ccc(Cl)cc1. The first-order valence-electron chi connectivity index (χ1n) is 7.98. The summed E-state index contributed by atoms with van der Waals surface area (Å²) in [5.74, 6) is 1.60. The van der Waals surface area contributed by atoms with E-state index in [2.05, 4.69) is 47.8 Å². The maximum Gasteiger partial charge on any atom is 0.0406 e. The van der Waals surface area contributed by atoms with Crippen LogP contribution in [0.5, 0.6) is 0 Å². The van der Waals surface area contributed by atoms with Crippen LogP contribution in [0.1, 0.15) is 17.0 Å². The fourth-order valence-corrected chi connectivity index (χ4v) is 3.72. The highest BCUT2D eigenvalue weighted by molar-refractivity contribution is 6.30. The van der Waals surface area contributed by atoms with E-state index in [9.17, 15) is 0 Å². The lowest BCUT2D eigenvalue weighted by Crippen LogP contribution is -2.30. The molecule has 116 valence electrons. The first-order chi connectivity index (χ1) is 10.8. The van der Waals surface area contributed by atoms with E-state index in [0.717, 1.165) is 31.1 Å². The predicted molar refractivity (Wildman–Crippen MR) is 93.2 cm³/mol. The first-order valence-corrected chi connectivity index (χ1v) is 8.36. The van der Waals surface area contributed by atoms with E-state index in [-0.39, 0.29) is 0 Å². The van der Waals surface area contributed by atoms with Crippen LogP contribution < -0.4 is 11.1 Å². The summed E-state index contributed by atoms with van der Waals surface area (Å²) in [6, 6.07) is 19.0. The van der Waals surface area contributed by atoms with Gasteiger partial charge in [0.25, 0.3) is 0 Å². The molecular formula is C19H23ClN2. The first kappa shape index (κ1) is 15.5. The molecule has 3 rings (SSSR count). The molecule has 1 saturated heterocycles. The normalized spacial score (nSPS) is 22.6. The van der Waals surface area contributed by atoms with Gasteiger partial charge < -0.3 is 11.1 Å². The zero-order chi connectivity index (χ0) is 15.4. The summed E-state index contributed by atoms with van der Waals surface area (Å²) in [7, 11) is 0. The fraction of sp³-hybridized carbons (Fsp3) is 0.368. The zero-order valence-corrected chi connectivity index (χ0v) is 13.5. The van der Waals surface area contributed by atoms with Crippen molar-refractivity contribution in [3.8, 4) is 0 Å². The van der Waals surface area contributed by atoms with Crippen molar-refractivity contribution in [1.82, 2.24) is 5.32 Å². The second-order valence-electron chi connectivity index (χ2n) is 6.17. The van der Waals surface area contributed by atoms with E-state index in [1.54, 1.807) is 0 Å². The lowest BCUT2D eigenvalue weighted by molar-refractivity contribution is 0.334. The summed E-state index contributed by atoms with van der Waals surface area (Å²) >= 11 is 6.02. The lowest BCUT2D eigenvalue weighted by Gasteiger charge is -2.27. The molecule has 0 radical (unpaired) electrons. The van der Waals surface area contributed by atoms with Gasteiger partial charge in [0.1, 0.15) is 0 Å². The Morgan fingerprint density at radius 3 is 2.45 bits per heavy atom. The van der Waals surface area contributed by atoms with E-state index in [1.165, 1.54) is 11.1 Å². The van der Waals surface area contributed by atoms with Gasteiger partial charge in [0.05, 0.1) is 0 Å². The van der Waals surface area contributed by atoms with E-state index in [4.69, 9.17) is 17.3 Å². The van der Waals surface area contributed by atoms with Crippen molar-refractivity contribution in [2.24, 2.45) is 17.6 Å². The summed E-state index contributed by atoms with van der Waals surface area (Å²) in [5, 5.41) is 4.34. The topological polar surface area (TPSA) is 38.0 Å². The molecule has 0 saturated carbocycles. The number of hydrogen-bond acceptors (Lipinski definition) is 2. The van der Waals surface area contributed by atoms with Crippen LogP contribution in [0.25, 0.3) is 0 Å². The summed E-state index contributed by atoms with van der Waals surface area (Å²) in [6.07, 6.45) is 1.05. The van der Waals surface area contributed by atoms with Gasteiger partial charge in [0.15, 0.2) is 0 Å². The summed E-state index contributed by atoms with van der Waals surface area (Å²) < 4.78 is 0. The molecule has 1 aliphatic rings. The van der Waals surface area contributed by atoms with Crippen molar-refractivity contribution in [3.63, 3.8) is 0 Å². The van der Waals surface area contributed by atoms with Gasteiger partial charge in [0.2, 0.25) is 0 Å². The third kappa shape index (κ3) is 3.52. The molecule has 0 bridgehead atoms. The molecule has 1 aliphatic heterocycles. The number of nitrogens with one attached hydrogen (secondary N) is 1. The molecule has 1 fully saturated rings. The Labute approximate surface area is 137 Å². The number of rotatable bonds is 5.